The minimum atomic E-state index is -0.135. The van der Waals surface area contributed by atoms with Crippen LogP contribution in [0.25, 0.3) is 11.3 Å². The summed E-state index contributed by atoms with van der Waals surface area (Å²) in [5, 5.41) is 6.93. The number of carbonyl (C=O) groups is 1. The predicted octanol–water partition coefficient (Wildman–Crippen LogP) is 2.20. The molecule has 2 aromatic heterocycles. The zero-order valence-corrected chi connectivity index (χ0v) is 11.0. The number of nitrogens with zero attached hydrogens (tertiary/aromatic N) is 3. The maximum atomic E-state index is 10.9. The summed E-state index contributed by atoms with van der Waals surface area (Å²) in [6.45, 7) is 1.45. The van der Waals surface area contributed by atoms with Gasteiger partial charge in [-0.25, -0.2) is 4.98 Å². The van der Waals surface area contributed by atoms with Gasteiger partial charge in [-0.3, -0.25) is 9.48 Å². The molecule has 1 amide bonds. The molecule has 2 aromatic rings. The number of hydrogen-bond acceptors (Lipinski definition) is 3. The van der Waals surface area contributed by atoms with Gasteiger partial charge < -0.3 is 5.32 Å². The average molecular weight is 295 g/mol. The Bertz CT molecular complexity index is 547. The summed E-state index contributed by atoms with van der Waals surface area (Å²) in [7, 11) is 1.85. The monoisotopic (exact) mass is 294 g/mol. The smallest absolute Gasteiger partial charge is 0.222 e. The molecule has 0 saturated carbocycles. The van der Waals surface area contributed by atoms with E-state index in [4.69, 9.17) is 0 Å². The molecule has 0 bridgehead atoms. The maximum absolute atomic E-state index is 10.9. The highest BCUT2D eigenvalue weighted by molar-refractivity contribution is 9.10. The van der Waals surface area contributed by atoms with Gasteiger partial charge in [-0.1, -0.05) is 0 Å². The van der Waals surface area contributed by atoms with Crippen LogP contribution in [-0.2, 0) is 11.8 Å². The summed E-state index contributed by atoms with van der Waals surface area (Å²) in [4.78, 5) is 15.0. The lowest BCUT2D eigenvalue weighted by molar-refractivity contribution is -0.114. The molecule has 0 spiro atoms. The van der Waals surface area contributed by atoms with Gasteiger partial charge in [-0.15, -0.1) is 0 Å². The van der Waals surface area contributed by atoms with Gasteiger partial charge in [0.2, 0.25) is 5.91 Å². The first kappa shape index (κ1) is 11.8. The van der Waals surface area contributed by atoms with Crippen molar-refractivity contribution in [2.45, 2.75) is 6.92 Å². The van der Waals surface area contributed by atoms with Gasteiger partial charge in [-0.05, 0) is 28.1 Å². The van der Waals surface area contributed by atoms with Crippen molar-refractivity contribution in [1.82, 2.24) is 14.8 Å². The topological polar surface area (TPSA) is 59.8 Å². The van der Waals surface area contributed by atoms with E-state index in [1.807, 2.05) is 19.3 Å². The minimum absolute atomic E-state index is 0.135. The second-order valence-electron chi connectivity index (χ2n) is 3.61. The van der Waals surface area contributed by atoms with E-state index in [9.17, 15) is 4.79 Å². The van der Waals surface area contributed by atoms with Gasteiger partial charge in [0.25, 0.3) is 0 Å². The van der Waals surface area contributed by atoms with E-state index in [2.05, 4.69) is 31.3 Å². The van der Waals surface area contributed by atoms with Gasteiger partial charge in [-0.2, -0.15) is 5.10 Å². The first-order chi connectivity index (χ1) is 8.06. The standard InChI is InChI=1S/C11H11BrN4O/c1-7(17)14-10-4-3-8(5-13-10)11-9(12)6-16(2)15-11/h3-6H,1-2H3,(H,13,14,17). The fourth-order valence-corrected chi connectivity index (χ4v) is 2.05. The van der Waals surface area contributed by atoms with Gasteiger partial charge in [0.1, 0.15) is 11.5 Å². The van der Waals surface area contributed by atoms with E-state index in [-0.39, 0.29) is 5.91 Å². The fourth-order valence-electron chi connectivity index (χ4n) is 1.44. The van der Waals surface area contributed by atoms with Gasteiger partial charge in [0, 0.05) is 31.9 Å². The molecule has 0 unspecified atom stereocenters. The summed E-state index contributed by atoms with van der Waals surface area (Å²) in [5.74, 6) is 0.401. The van der Waals surface area contributed by atoms with Crippen LogP contribution in [0.2, 0.25) is 0 Å². The molecule has 2 rings (SSSR count). The Morgan fingerprint density at radius 2 is 2.24 bits per heavy atom. The second-order valence-corrected chi connectivity index (χ2v) is 4.47. The molecule has 6 heteroatoms. The van der Waals surface area contributed by atoms with E-state index >= 15 is 0 Å². The molecule has 0 radical (unpaired) electrons. The molecule has 2 heterocycles. The summed E-state index contributed by atoms with van der Waals surface area (Å²) in [6.07, 6.45) is 3.55. The first-order valence-electron chi connectivity index (χ1n) is 4.99. The van der Waals surface area contributed by atoms with Crippen LogP contribution in [0.4, 0.5) is 5.82 Å². The normalized spacial score (nSPS) is 10.3. The van der Waals surface area contributed by atoms with E-state index in [0.717, 1.165) is 15.7 Å². The van der Waals surface area contributed by atoms with Crippen molar-refractivity contribution in [1.29, 1.82) is 0 Å². The first-order valence-corrected chi connectivity index (χ1v) is 5.78. The number of hydrogen-bond donors (Lipinski definition) is 1. The summed E-state index contributed by atoms with van der Waals surface area (Å²) in [6, 6.07) is 3.61. The number of carbonyl (C=O) groups excluding carboxylic acids is 1. The van der Waals surface area contributed by atoms with E-state index in [0.29, 0.717) is 5.82 Å². The molecule has 0 aromatic carbocycles. The molecule has 1 N–H and O–H groups in total. The summed E-state index contributed by atoms with van der Waals surface area (Å²) in [5.41, 5.74) is 1.72. The lowest BCUT2D eigenvalue weighted by Crippen LogP contribution is -2.06. The van der Waals surface area contributed by atoms with Crippen LogP contribution in [0.1, 0.15) is 6.92 Å². The number of aryl methyl sites for hydroxylation is 1. The van der Waals surface area contributed by atoms with Crippen molar-refractivity contribution in [3.8, 4) is 11.3 Å². The highest BCUT2D eigenvalue weighted by Gasteiger charge is 2.08. The van der Waals surface area contributed by atoms with Crippen molar-refractivity contribution in [3.63, 3.8) is 0 Å². The van der Waals surface area contributed by atoms with Crippen molar-refractivity contribution < 1.29 is 4.79 Å². The lowest BCUT2D eigenvalue weighted by atomic mass is 10.2. The molecule has 5 nitrogen and oxygen atoms in total. The zero-order valence-electron chi connectivity index (χ0n) is 9.44. The van der Waals surface area contributed by atoms with Crippen LogP contribution in [0.5, 0.6) is 0 Å². The predicted molar refractivity (Wildman–Crippen MR) is 68.4 cm³/mol. The Morgan fingerprint density at radius 3 is 2.71 bits per heavy atom. The number of pyridine rings is 1. The average Bonchev–Trinajstić information content (AvgIpc) is 2.58. The van der Waals surface area contributed by atoms with Crippen LogP contribution >= 0.6 is 15.9 Å². The van der Waals surface area contributed by atoms with Crippen LogP contribution in [0.3, 0.4) is 0 Å². The van der Waals surface area contributed by atoms with Crippen LogP contribution in [-0.4, -0.2) is 20.7 Å². The fraction of sp³-hybridized carbons (Fsp3) is 0.182. The Kier molecular flexibility index (Phi) is 3.23. The Labute approximate surface area is 107 Å². The molecular weight excluding hydrogens is 284 g/mol. The van der Waals surface area contributed by atoms with Crippen molar-refractivity contribution in [2.24, 2.45) is 7.05 Å². The third-order valence-corrected chi connectivity index (χ3v) is 2.71. The summed E-state index contributed by atoms with van der Waals surface area (Å²) < 4.78 is 2.63. The van der Waals surface area contributed by atoms with E-state index < -0.39 is 0 Å². The number of halogens is 1. The van der Waals surface area contributed by atoms with Crippen molar-refractivity contribution in [3.05, 3.63) is 29.0 Å². The quantitative estimate of drug-likeness (QED) is 0.924. The summed E-state index contributed by atoms with van der Waals surface area (Å²) >= 11 is 3.43. The number of anilines is 1. The highest BCUT2D eigenvalue weighted by atomic mass is 79.9. The maximum Gasteiger partial charge on any atom is 0.222 e. The Morgan fingerprint density at radius 1 is 1.47 bits per heavy atom. The molecule has 0 aliphatic rings. The minimum Gasteiger partial charge on any atom is -0.311 e. The molecule has 0 fully saturated rings. The van der Waals surface area contributed by atoms with Gasteiger partial charge in [0.15, 0.2) is 0 Å². The molecule has 0 atom stereocenters. The van der Waals surface area contributed by atoms with Crippen LogP contribution < -0.4 is 5.32 Å². The number of rotatable bonds is 2. The van der Waals surface area contributed by atoms with E-state index in [1.165, 1.54) is 6.92 Å². The number of nitrogens with one attached hydrogen (secondary N) is 1. The Hall–Kier alpha value is -1.69. The van der Waals surface area contributed by atoms with Crippen LogP contribution in [0, 0.1) is 0 Å². The zero-order chi connectivity index (χ0) is 12.4. The SMILES string of the molecule is CC(=O)Nc1ccc(-c2nn(C)cc2Br)cn1. The third kappa shape index (κ3) is 2.71. The molecular formula is C11H11BrN4O. The second kappa shape index (κ2) is 4.67. The van der Waals surface area contributed by atoms with Crippen molar-refractivity contribution in [2.75, 3.05) is 5.32 Å². The van der Waals surface area contributed by atoms with E-state index in [1.54, 1.807) is 16.9 Å². The van der Waals surface area contributed by atoms with Crippen molar-refractivity contribution >= 4 is 27.7 Å². The number of aromatic nitrogens is 3. The largest absolute Gasteiger partial charge is 0.311 e. The molecule has 0 saturated heterocycles. The molecule has 17 heavy (non-hydrogen) atoms. The molecule has 0 aliphatic heterocycles. The van der Waals surface area contributed by atoms with Gasteiger partial charge in [0.05, 0.1) is 4.47 Å². The third-order valence-electron chi connectivity index (χ3n) is 2.13. The Balaban J connectivity index is 2.29. The van der Waals surface area contributed by atoms with Gasteiger partial charge >= 0.3 is 0 Å². The number of amides is 1. The molecule has 88 valence electrons. The highest BCUT2D eigenvalue weighted by Crippen LogP contribution is 2.26. The molecule has 0 aliphatic carbocycles. The lowest BCUT2D eigenvalue weighted by Gasteiger charge is -2.02. The van der Waals surface area contributed by atoms with Crippen LogP contribution in [0.15, 0.2) is 29.0 Å².